The quantitative estimate of drug-likeness (QED) is 0.744. The summed E-state index contributed by atoms with van der Waals surface area (Å²) < 4.78 is 17.3. The van der Waals surface area contributed by atoms with Crippen LogP contribution in [0.2, 0.25) is 0 Å². The number of carbonyl (C=O) groups is 1. The van der Waals surface area contributed by atoms with E-state index in [-0.39, 0.29) is 18.1 Å². The van der Waals surface area contributed by atoms with Crippen molar-refractivity contribution in [3.8, 4) is 0 Å². The Balaban J connectivity index is 2.05. The SMILES string of the molecule is C=CC[C@@H]1CCN(C(=O)OC(C)(C)C)C[C@@H]1C1COC(C)(C)O1. The number of nitrogens with zero attached hydrogens (tertiary/aromatic N) is 1. The Kier molecular flexibility index (Phi) is 5.41. The lowest BCUT2D eigenvalue weighted by molar-refractivity contribution is -0.149. The number of likely N-dealkylation sites (tertiary alicyclic amines) is 1. The molecule has 132 valence electrons. The summed E-state index contributed by atoms with van der Waals surface area (Å²) in [6.45, 7) is 15.4. The van der Waals surface area contributed by atoms with Crippen LogP contribution < -0.4 is 0 Å². The van der Waals surface area contributed by atoms with Crippen molar-refractivity contribution in [1.82, 2.24) is 4.90 Å². The third-order valence-electron chi connectivity index (χ3n) is 4.44. The molecule has 1 amide bonds. The van der Waals surface area contributed by atoms with Gasteiger partial charge in [0.05, 0.1) is 12.7 Å². The first kappa shape index (κ1) is 18.3. The standard InChI is InChI=1S/C18H31NO4/c1-7-8-13-9-10-19(16(20)23-17(2,3)4)11-14(13)15-12-21-18(5,6)22-15/h7,13-15H,1,8-12H2,2-6H3/t13-,14+,15?/m1/s1. The van der Waals surface area contributed by atoms with Crippen molar-refractivity contribution >= 4 is 6.09 Å². The monoisotopic (exact) mass is 325 g/mol. The summed E-state index contributed by atoms with van der Waals surface area (Å²) >= 11 is 0. The van der Waals surface area contributed by atoms with Crippen LogP contribution in [0.3, 0.4) is 0 Å². The van der Waals surface area contributed by atoms with Crippen LogP contribution in [0.25, 0.3) is 0 Å². The maximum atomic E-state index is 12.4. The number of rotatable bonds is 3. The Hall–Kier alpha value is -1.07. The molecule has 1 unspecified atom stereocenters. The highest BCUT2D eigenvalue weighted by Crippen LogP contribution is 2.36. The third-order valence-corrected chi connectivity index (χ3v) is 4.44. The molecule has 2 rings (SSSR count). The molecule has 5 nitrogen and oxygen atoms in total. The van der Waals surface area contributed by atoms with E-state index in [4.69, 9.17) is 14.2 Å². The van der Waals surface area contributed by atoms with Gasteiger partial charge in [-0.25, -0.2) is 4.79 Å². The third kappa shape index (κ3) is 4.95. The predicted octanol–water partition coefficient (Wildman–Crippen LogP) is 3.59. The predicted molar refractivity (Wildman–Crippen MR) is 89.1 cm³/mol. The maximum absolute atomic E-state index is 12.4. The average molecular weight is 325 g/mol. The molecule has 2 aliphatic heterocycles. The number of carbonyl (C=O) groups excluding carboxylic acids is 1. The minimum atomic E-state index is -0.544. The fourth-order valence-electron chi connectivity index (χ4n) is 3.38. The van der Waals surface area contributed by atoms with Gasteiger partial charge in [0, 0.05) is 19.0 Å². The summed E-state index contributed by atoms with van der Waals surface area (Å²) in [5.74, 6) is 0.169. The topological polar surface area (TPSA) is 48.0 Å². The summed E-state index contributed by atoms with van der Waals surface area (Å²) in [5, 5.41) is 0. The van der Waals surface area contributed by atoms with Gasteiger partial charge in [-0.05, 0) is 53.4 Å². The van der Waals surface area contributed by atoms with Crippen molar-refractivity contribution in [2.24, 2.45) is 11.8 Å². The molecule has 3 atom stereocenters. The van der Waals surface area contributed by atoms with Crippen LogP contribution in [0.1, 0.15) is 47.5 Å². The molecular formula is C18H31NO4. The van der Waals surface area contributed by atoms with Gasteiger partial charge in [0.15, 0.2) is 5.79 Å². The zero-order chi connectivity index (χ0) is 17.3. The summed E-state index contributed by atoms with van der Waals surface area (Å²) in [6, 6.07) is 0. The van der Waals surface area contributed by atoms with Gasteiger partial charge in [-0.3, -0.25) is 0 Å². The van der Waals surface area contributed by atoms with Gasteiger partial charge in [-0.1, -0.05) is 6.08 Å². The van der Waals surface area contributed by atoms with E-state index >= 15 is 0 Å². The van der Waals surface area contributed by atoms with Crippen molar-refractivity contribution in [2.45, 2.75) is 65.0 Å². The second kappa shape index (κ2) is 6.81. The molecule has 23 heavy (non-hydrogen) atoms. The van der Waals surface area contributed by atoms with Crippen molar-refractivity contribution < 1.29 is 19.0 Å². The molecule has 0 aromatic heterocycles. The Bertz CT molecular complexity index is 441. The van der Waals surface area contributed by atoms with Gasteiger partial charge in [-0.15, -0.1) is 6.58 Å². The van der Waals surface area contributed by atoms with E-state index in [0.717, 1.165) is 19.4 Å². The molecule has 0 spiro atoms. The van der Waals surface area contributed by atoms with Crippen LogP contribution in [0.4, 0.5) is 4.79 Å². The average Bonchev–Trinajstić information content (AvgIpc) is 2.77. The molecule has 2 heterocycles. The number of hydrogen-bond acceptors (Lipinski definition) is 4. The molecule has 0 saturated carbocycles. The van der Waals surface area contributed by atoms with E-state index in [1.54, 1.807) is 0 Å². The molecule has 0 aromatic carbocycles. The largest absolute Gasteiger partial charge is 0.444 e. The molecule has 2 saturated heterocycles. The normalized spacial score (nSPS) is 31.0. The van der Waals surface area contributed by atoms with Gasteiger partial charge in [-0.2, -0.15) is 0 Å². The Morgan fingerprint density at radius 2 is 2.13 bits per heavy atom. The van der Waals surface area contributed by atoms with Crippen LogP contribution in [0.15, 0.2) is 12.7 Å². The van der Waals surface area contributed by atoms with E-state index in [2.05, 4.69) is 6.58 Å². The summed E-state index contributed by atoms with van der Waals surface area (Å²) in [7, 11) is 0. The Morgan fingerprint density at radius 3 is 2.65 bits per heavy atom. The molecule has 0 aliphatic carbocycles. The maximum Gasteiger partial charge on any atom is 0.410 e. The van der Waals surface area contributed by atoms with Crippen LogP contribution >= 0.6 is 0 Å². The van der Waals surface area contributed by atoms with Gasteiger partial charge in [0.25, 0.3) is 0 Å². The lowest BCUT2D eigenvalue weighted by atomic mass is 9.80. The highest BCUT2D eigenvalue weighted by molar-refractivity contribution is 5.68. The van der Waals surface area contributed by atoms with E-state index in [1.165, 1.54) is 0 Å². The Morgan fingerprint density at radius 1 is 1.43 bits per heavy atom. The summed E-state index contributed by atoms with van der Waals surface area (Å²) in [6.07, 6.45) is 3.61. The van der Waals surface area contributed by atoms with Gasteiger partial charge >= 0.3 is 6.09 Å². The number of amides is 1. The molecule has 2 aliphatic rings. The van der Waals surface area contributed by atoms with E-state index in [1.807, 2.05) is 45.6 Å². The minimum Gasteiger partial charge on any atom is -0.444 e. The molecular weight excluding hydrogens is 294 g/mol. The molecule has 0 aromatic rings. The highest BCUT2D eigenvalue weighted by atomic mass is 16.7. The first-order valence-corrected chi connectivity index (χ1v) is 8.52. The molecule has 0 bridgehead atoms. The number of piperidine rings is 1. The lowest BCUT2D eigenvalue weighted by Gasteiger charge is -2.41. The first-order chi connectivity index (χ1) is 10.6. The summed E-state index contributed by atoms with van der Waals surface area (Å²) in [4.78, 5) is 14.2. The zero-order valence-corrected chi connectivity index (χ0v) is 15.1. The number of ether oxygens (including phenoxy) is 3. The van der Waals surface area contributed by atoms with Crippen molar-refractivity contribution in [3.05, 3.63) is 12.7 Å². The smallest absolute Gasteiger partial charge is 0.410 e. The van der Waals surface area contributed by atoms with Crippen molar-refractivity contribution in [2.75, 3.05) is 19.7 Å². The second-order valence-electron chi connectivity index (χ2n) is 8.03. The number of hydrogen-bond donors (Lipinski definition) is 0. The van der Waals surface area contributed by atoms with Gasteiger partial charge < -0.3 is 19.1 Å². The van der Waals surface area contributed by atoms with Crippen molar-refractivity contribution in [3.63, 3.8) is 0 Å². The summed E-state index contributed by atoms with van der Waals surface area (Å²) in [5.41, 5.74) is -0.473. The minimum absolute atomic E-state index is 0.0141. The molecule has 0 radical (unpaired) electrons. The van der Waals surface area contributed by atoms with Crippen LogP contribution in [0.5, 0.6) is 0 Å². The molecule has 0 N–H and O–H groups in total. The highest BCUT2D eigenvalue weighted by Gasteiger charge is 2.43. The fourth-order valence-corrected chi connectivity index (χ4v) is 3.38. The van der Waals surface area contributed by atoms with Crippen LogP contribution in [-0.2, 0) is 14.2 Å². The first-order valence-electron chi connectivity index (χ1n) is 8.52. The van der Waals surface area contributed by atoms with Crippen LogP contribution in [0, 0.1) is 11.8 Å². The van der Waals surface area contributed by atoms with E-state index in [0.29, 0.717) is 19.1 Å². The molecule has 2 fully saturated rings. The van der Waals surface area contributed by atoms with Gasteiger partial charge in [0.2, 0.25) is 0 Å². The van der Waals surface area contributed by atoms with E-state index < -0.39 is 11.4 Å². The number of allylic oxidation sites excluding steroid dienone is 1. The molecule has 5 heteroatoms. The zero-order valence-electron chi connectivity index (χ0n) is 15.1. The van der Waals surface area contributed by atoms with Gasteiger partial charge in [0.1, 0.15) is 5.60 Å². The van der Waals surface area contributed by atoms with Crippen molar-refractivity contribution in [1.29, 1.82) is 0 Å². The van der Waals surface area contributed by atoms with Crippen LogP contribution in [-0.4, -0.2) is 48.2 Å². The fraction of sp³-hybridized carbons (Fsp3) is 0.833. The second-order valence-corrected chi connectivity index (χ2v) is 8.03. The lowest BCUT2D eigenvalue weighted by Crippen LogP contribution is -2.49. The Labute approximate surface area is 140 Å². The van der Waals surface area contributed by atoms with E-state index in [9.17, 15) is 4.79 Å².